The van der Waals surface area contributed by atoms with E-state index in [0.717, 1.165) is 18.1 Å². The van der Waals surface area contributed by atoms with Crippen LogP contribution in [0.5, 0.6) is 0 Å². The Morgan fingerprint density at radius 1 is 0.960 bits per heavy atom. The first-order valence-electron chi connectivity index (χ1n) is 7.85. The van der Waals surface area contributed by atoms with Gasteiger partial charge in [0.15, 0.2) is 0 Å². The Morgan fingerprint density at radius 2 is 1.64 bits per heavy atom. The van der Waals surface area contributed by atoms with E-state index in [-0.39, 0.29) is 0 Å². The number of aromatic nitrogens is 2. The number of hydrogen-bond donors (Lipinski definition) is 1. The highest BCUT2D eigenvalue weighted by atomic mass is 35.5. The van der Waals surface area contributed by atoms with E-state index in [1.807, 2.05) is 38.2 Å². The van der Waals surface area contributed by atoms with Gasteiger partial charge in [-0.15, -0.1) is 0 Å². The van der Waals surface area contributed by atoms with Crippen LogP contribution in [0.2, 0.25) is 10.0 Å². The van der Waals surface area contributed by atoms with Crippen molar-refractivity contribution in [1.82, 2.24) is 9.97 Å². The molecule has 0 aliphatic rings. The van der Waals surface area contributed by atoms with Crippen molar-refractivity contribution in [3.8, 4) is 0 Å². The molecule has 0 unspecified atom stereocenters. The number of halogens is 2. The number of para-hydroxylation sites is 1. The van der Waals surface area contributed by atoms with E-state index in [1.165, 1.54) is 5.56 Å². The molecule has 0 aliphatic heterocycles. The van der Waals surface area contributed by atoms with Crippen LogP contribution in [0.3, 0.4) is 0 Å². The van der Waals surface area contributed by atoms with Crippen LogP contribution in [0.4, 0.5) is 17.5 Å². The minimum absolute atomic E-state index is 0.463. The van der Waals surface area contributed by atoms with Gasteiger partial charge in [0.2, 0.25) is 5.95 Å². The van der Waals surface area contributed by atoms with Gasteiger partial charge in [-0.2, -0.15) is 4.98 Å². The molecule has 0 fully saturated rings. The molecule has 2 aromatic carbocycles. The van der Waals surface area contributed by atoms with Crippen molar-refractivity contribution in [2.45, 2.75) is 13.5 Å². The molecule has 3 aromatic rings. The van der Waals surface area contributed by atoms with Gasteiger partial charge in [-0.25, -0.2) is 4.98 Å². The SMILES string of the molecule is Cc1cc(N(C)Cc2ccccc2)nc(Nc2c(Cl)cccc2Cl)n1. The molecule has 0 radical (unpaired) electrons. The molecule has 0 amide bonds. The molecule has 0 aliphatic carbocycles. The molecular weight excluding hydrogens is 355 g/mol. The highest BCUT2D eigenvalue weighted by molar-refractivity contribution is 6.39. The monoisotopic (exact) mass is 372 g/mol. The topological polar surface area (TPSA) is 41.1 Å². The molecule has 0 saturated carbocycles. The molecular formula is C19H18Cl2N4. The van der Waals surface area contributed by atoms with Gasteiger partial charge in [0, 0.05) is 25.4 Å². The molecule has 0 spiro atoms. The molecule has 0 bridgehead atoms. The highest BCUT2D eigenvalue weighted by Gasteiger charge is 2.11. The first kappa shape index (κ1) is 17.5. The van der Waals surface area contributed by atoms with Gasteiger partial charge in [0.25, 0.3) is 0 Å². The third kappa shape index (κ3) is 4.41. The summed E-state index contributed by atoms with van der Waals surface area (Å²) in [6, 6.07) is 17.5. The average Bonchev–Trinajstić information content (AvgIpc) is 2.59. The summed E-state index contributed by atoms with van der Waals surface area (Å²) in [5, 5.41) is 4.18. The zero-order valence-electron chi connectivity index (χ0n) is 14.0. The lowest BCUT2D eigenvalue weighted by atomic mass is 10.2. The van der Waals surface area contributed by atoms with Gasteiger partial charge in [-0.3, -0.25) is 0 Å². The number of hydrogen-bond acceptors (Lipinski definition) is 4. The van der Waals surface area contributed by atoms with Gasteiger partial charge in [0.05, 0.1) is 15.7 Å². The normalized spacial score (nSPS) is 10.6. The fraction of sp³-hybridized carbons (Fsp3) is 0.158. The minimum Gasteiger partial charge on any atom is -0.355 e. The Balaban J connectivity index is 1.85. The molecule has 4 nitrogen and oxygen atoms in total. The predicted molar refractivity (Wildman–Crippen MR) is 105 cm³/mol. The summed E-state index contributed by atoms with van der Waals surface area (Å²) in [5.74, 6) is 1.28. The standard InChI is InChI=1S/C19H18Cl2N4/c1-13-11-17(25(2)12-14-7-4-3-5-8-14)23-19(22-13)24-18-15(20)9-6-10-16(18)21/h3-11H,12H2,1-2H3,(H,22,23,24). The third-order valence-corrected chi connectivity index (χ3v) is 4.32. The van der Waals surface area contributed by atoms with Crippen molar-refractivity contribution in [2.75, 3.05) is 17.3 Å². The largest absolute Gasteiger partial charge is 0.355 e. The summed E-state index contributed by atoms with van der Waals surface area (Å²) < 4.78 is 0. The van der Waals surface area contributed by atoms with E-state index < -0.39 is 0 Å². The number of rotatable bonds is 5. The third-order valence-electron chi connectivity index (χ3n) is 3.69. The average molecular weight is 373 g/mol. The highest BCUT2D eigenvalue weighted by Crippen LogP contribution is 2.32. The van der Waals surface area contributed by atoms with E-state index in [0.29, 0.717) is 21.7 Å². The van der Waals surface area contributed by atoms with Crippen LogP contribution >= 0.6 is 23.2 Å². The van der Waals surface area contributed by atoms with Crippen LogP contribution in [0, 0.1) is 6.92 Å². The van der Waals surface area contributed by atoms with Crippen LogP contribution in [0.15, 0.2) is 54.6 Å². The first-order chi connectivity index (χ1) is 12.0. The predicted octanol–water partition coefficient (Wildman–Crippen LogP) is 5.47. The van der Waals surface area contributed by atoms with Crippen molar-refractivity contribution in [1.29, 1.82) is 0 Å². The molecule has 128 valence electrons. The number of nitrogens with one attached hydrogen (secondary N) is 1. The van der Waals surface area contributed by atoms with E-state index >= 15 is 0 Å². The Morgan fingerprint density at radius 3 is 2.32 bits per heavy atom. The molecule has 1 aromatic heterocycles. The molecule has 1 N–H and O–H groups in total. The summed E-state index contributed by atoms with van der Waals surface area (Å²) in [5.41, 5.74) is 2.67. The van der Waals surface area contributed by atoms with Crippen LogP contribution in [0.1, 0.15) is 11.3 Å². The Kier molecular flexibility index (Phi) is 5.41. The molecule has 3 rings (SSSR count). The van der Waals surface area contributed by atoms with Gasteiger partial charge >= 0.3 is 0 Å². The van der Waals surface area contributed by atoms with Gasteiger partial charge in [-0.05, 0) is 24.6 Å². The lowest BCUT2D eigenvalue weighted by Gasteiger charge is -2.19. The lowest BCUT2D eigenvalue weighted by Crippen LogP contribution is -2.18. The maximum Gasteiger partial charge on any atom is 0.229 e. The molecule has 0 atom stereocenters. The fourth-order valence-electron chi connectivity index (χ4n) is 2.47. The maximum atomic E-state index is 6.22. The minimum atomic E-state index is 0.463. The van der Waals surface area contributed by atoms with Crippen molar-refractivity contribution < 1.29 is 0 Å². The number of benzene rings is 2. The molecule has 6 heteroatoms. The van der Waals surface area contributed by atoms with Crippen LogP contribution in [-0.4, -0.2) is 17.0 Å². The second kappa shape index (κ2) is 7.72. The van der Waals surface area contributed by atoms with Crippen molar-refractivity contribution in [2.24, 2.45) is 0 Å². The van der Waals surface area contributed by atoms with Crippen LogP contribution in [0.25, 0.3) is 0 Å². The summed E-state index contributed by atoms with van der Waals surface area (Å²) in [7, 11) is 2.00. The second-order valence-electron chi connectivity index (χ2n) is 5.75. The Hall–Kier alpha value is -2.30. The zero-order chi connectivity index (χ0) is 17.8. The summed E-state index contributed by atoms with van der Waals surface area (Å²) in [6.45, 7) is 2.69. The fourth-order valence-corrected chi connectivity index (χ4v) is 2.96. The zero-order valence-corrected chi connectivity index (χ0v) is 15.5. The number of anilines is 3. The summed E-state index contributed by atoms with van der Waals surface area (Å²) >= 11 is 12.4. The Labute approximate surface area is 157 Å². The van der Waals surface area contributed by atoms with Crippen molar-refractivity contribution in [3.05, 3.63) is 75.9 Å². The van der Waals surface area contributed by atoms with E-state index in [1.54, 1.807) is 18.2 Å². The molecule has 0 saturated heterocycles. The maximum absolute atomic E-state index is 6.22. The van der Waals surface area contributed by atoms with Crippen molar-refractivity contribution in [3.63, 3.8) is 0 Å². The number of aryl methyl sites for hydroxylation is 1. The van der Waals surface area contributed by atoms with E-state index in [9.17, 15) is 0 Å². The van der Waals surface area contributed by atoms with Crippen LogP contribution < -0.4 is 10.2 Å². The smallest absolute Gasteiger partial charge is 0.229 e. The second-order valence-corrected chi connectivity index (χ2v) is 6.57. The lowest BCUT2D eigenvalue weighted by molar-refractivity contribution is 0.888. The molecule has 1 heterocycles. The van der Waals surface area contributed by atoms with Crippen LogP contribution in [-0.2, 0) is 6.54 Å². The quantitative estimate of drug-likeness (QED) is 0.644. The van der Waals surface area contributed by atoms with E-state index in [2.05, 4.69) is 32.3 Å². The number of nitrogens with zero attached hydrogens (tertiary/aromatic N) is 3. The van der Waals surface area contributed by atoms with E-state index in [4.69, 9.17) is 23.2 Å². The molecule has 25 heavy (non-hydrogen) atoms. The van der Waals surface area contributed by atoms with Gasteiger partial charge in [0.1, 0.15) is 5.82 Å². The van der Waals surface area contributed by atoms with Gasteiger partial charge in [-0.1, -0.05) is 59.6 Å². The Bertz CT molecular complexity index is 848. The van der Waals surface area contributed by atoms with Crippen molar-refractivity contribution >= 4 is 40.7 Å². The summed E-state index contributed by atoms with van der Waals surface area (Å²) in [4.78, 5) is 11.1. The van der Waals surface area contributed by atoms with Gasteiger partial charge < -0.3 is 10.2 Å². The summed E-state index contributed by atoms with van der Waals surface area (Å²) in [6.07, 6.45) is 0. The first-order valence-corrected chi connectivity index (χ1v) is 8.60.